The van der Waals surface area contributed by atoms with Crippen LogP contribution in [0.5, 0.6) is 0 Å². The molecule has 0 atom stereocenters. The summed E-state index contributed by atoms with van der Waals surface area (Å²) < 4.78 is 23.0. The maximum Gasteiger partial charge on any atom is 0.263 e. The molecule has 1 rings (SSSR count). The van der Waals surface area contributed by atoms with Crippen molar-refractivity contribution in [3.63, 3.8) is 0 Å². The summed E-state index contributed by atoms with van der Waals surface area (Å²) in [5, 5.41) is 11.2. The van der Waals surface area contributed by atoms with Gasteiger partial charge in [-0.15, -0.1) is 0 Å². The van der Waals surface area contributed by atoms with Crippen LogP contribution in [-0.2, 0) is 10.0 Å². The van der Waals surface area contributed by atoms with Crippen molar-refractivity contribution in [2.45, 2.75) is 18.7 Å². The number of rotatable bonds is 5. The van der Waals surface area contributed by atoms with Gasteiger partial charge in [-0.05, 0) is 24.1 Å². The first kappa shape index (κ1) is 15.9. The van der Waals surface area contributed by atoms with Crippen molar-refractivity contribution in [3.8, 4) is 0 Å². The molecule has 1 amide bonds. The molecular weight excluding hydrogens is 292 g/mol. The lowest BCUT2D eigenvalue weighted by molar-refractivity contribution is 0.0949. The molecule has 0 aliphatic carbocycles. The van der Waals surface area contributed by atoms with Crippen LogP contribution < -0.4 is 10.2 Å². The molecule has 0 radical (unpaired) electrons. The third kappa shape index (κ3) is 4.17. The van der Waals surface area contributed by atoms with E-state index in [9.17, 15) is 13.2 Å². The van der Waals surface area contributed by atoms with E-state index in [1.54, 1.807) is 0 Å². The first-order chi connectivity index (χ1) is 8.77. The Bertz CT molecular complexity index is 572. The van der Waals surface area contributed by atoms with Crippen LogP contribution >= 0.6 is 11.6 Å². The number of halogens is 1. The molecule has 19 heavy (non-hydrogen) atoms. The minimum absolute atomic E-state index is 0.0815. The van der Waals surface area contributed by atoms with Gasteiger partial charge in [0.15, 0.2) is 0 Å². The van der Waals surface area contributed by atoms with Gasteiger partial charge >= 0.3 is 0 Å². The Morgan fingerprint density at radius 3 is 2.58 bits per heavy atom. The highest BCUT2D eigenvalue weighted by Crippen LogP contribution is 2.22. The first-order valence-corrected chi connectivity index (χ1v) is 7.37. The fourth-order valence-electron chi connectivity index (χ4n) is 1.30. The molecule has 0 aliphatic rings. The number of carbonyl (C=O) groups is 1. The van der Waals surface area contributed by atoms with Crippen LogP contribution in [0.1, 0.15) is 24.2 Å². The molecule has 6 nitrogen and oxygen atoms in total. The number of hydrogen-bond acceptors (Lipinski definition) is 4. The molecule has 0 saturated carbocycles. The highest BCUT2D eigenvalue weighted by molar-refractivity contribution is 7.89. The molecule has 106 valence electrons. The van der Waals surface area contributed by atoms with Crippen LogP contribution in [0.15, 0.2) is 23.1 Å². The molecule has 3 N–H and O–H groups in total. The third-order valence-electron chi connectivity index (χ3n) is 2.27. The van der Waals surface area contributed by atoms with E-state index in [0.29, 0.717) is 6.54 Å². The second kappa shape index (κ2) is 6.33. The van der Waals surface area contributed by atoms with E-state index in [1.165, 1.54) is 17.0 Å². The molecule has 0 aromatic heterocycles. The molecule has 1 aromatic carbocycles. The van der Waals surface area contributed by atoms with Gasteiger partial charge in [-0.25, -0.2) is 8.42 Å². The van der Waals surface area contributed by atoms with Gasteiger partial charge in [0.05, 0.1) is 5.02 Å². The van der Waals surface area contributed by atoms with Gasteiger partial charge in [-0.1, -0.05) is 30.3 Å². The van der Waals surface area contributed by atoms with Crippen molar-refractivity contribution < 1.29 is 18.4 Å². The Morgan fingerprint density at radius 2 is 2.05 bits per heavy atom. The molecule has 0 aliphatic heterocycles. The molecule has 0 unspecified atom stereocenters. The van der Waals surface area contributed by atoms with Crippen molar-refractivity contribution >= 4 is 27.5 Å². The zero-order valence-electron chi connectivity index (χ0n) is 10.5. The number of carbonyl (C=O) groups excluding carboxylic acids is 1. The quantitative estimate of drug-likeness (QED) is 0.716. The molecule has 0 heterocycles. The Kier molecular flexibility index (Phi) is 5.30. The highest BCUT2D eigenvalue weighted by atomic mass is 35.5. The smallest absolute Gasteiger partial charge is 0.263 e. The van der Waals surface area contributed by atoms with Gasteiger partial charge < -0.3 is 10.5 Å². The summed E-state index contributed by atoms with van der Waals surface area (Å²) in [6.45, 7) is 4.35. The lowest BCUT2D eigenvalue weighted by atomic mass is 10.2. The molecule has 0 fully saturated rings. The van der Waals surface area contributed by atoms with E-state index >= 15 is 0 Å². The van der Waals surface area contributed by atoms with Crippen LogP contribution in [0.25, 0.3) is 0 Å². The van der Waals surface area contributed by atoms with E-state index in [1.807, 2.05) is 13.8 Å². The van der Waals surface area contributed by atoms with E-state index in [2.05, 4.69) is 5.32 Å². The van der Waals surface area contributed by atoms with Gasteiger partial charge in [0.2, 0.25) is 0 Å². The van der Waals surface area contributed by atoms with Gasteiger partial charge in [0.25, 0.3) is 15.9 Å². The first-order valence-electron chi connectivity index (χ1n) is 5.51. The fourth-order valence-corrected chi connectivity index (χ4v) is 2.43. The molecule has 1 aromatic rings. The number of sulfonamides is 1. The summed E-state index contributed by atoms with van der Waals surface area (Å²) in [5.41, 5.74) is 0.152. The van der Waals surface area contributed by atoms with Crippen molar-refractivity contribution in [2.24, 2.45) is 5.92 Å². The summed E-state index contributed by atoms with van der Waals surface area (Å²) in [5.74, 6) is -0.127. The summed E-state index contributed by atoms with van der Waals surface area (Å²) in [4.78, 5) is 12.6. The van der Waals surface area contributed by atoms with E-state index in [4.69, 9.17) is 16.8 Å². The lowest BCUT2D eigenvalue weighted by Crippen LogP contribution is -2.28. The second-order valence-corrected chi connectivity index (χ2v) is 6.38. The average Bonchev–Trinajstić information content (AvgIpc) is 2.36. The maximum absolute atomic E-state index is 11.8. The number of nitrogens with one attached hydrogen (secondary N) is 2. The zero-order chi connectivity index (χ0) is 14.6. The third-order valence-corrected chi connectivity index (χ3v) is 3.87. The van der Waals surface area contributed by atoms with E-state index < -0.39 is 15.9 Å². The van der Waals surface area contributed by atoms with Gasteiger partial charge in [0.1, 0.15) is 4.90 Å². The monoisotopic (exact) mass is 306 g/mol. The maximum atomic E-state index is 11.8. The highest BCUT2D eigenvalue weighted by Gasteiger charge is 2.19. The predicted molar refractivity (Wildman–Crippen MR) is 70.7 cm³/mol. The van der Waals surface area contributed by atoms with Crippen LogP contribution in [0.3, 0.4) is 0 Å². The van der Waals surface area contributed by atoms with Gasteiger partial charge in [-0.2, -0.15) is 0 Å². The summed E-state index contributed by atoms with van der Waals surface area (Å²) in [7, 11) is -4.12. The average molecular weight is 307 g/mol. The second-order valence-electron chi connectivity index (χ2n) is 4.34. The van der Waals surface area contributed by atoms with Gasteiger partial charge in [0, 0.05) is 12.1 Å². The Hall–Kier alpha value is -1.15. The van der Waals surface area contributed by atoms with Crippen LogP contribution in [-0.4, -0.2) is 26.1 Å². The summed E-state index contributed by atoms with van der Waals surface area (Å²) in [6.07, 6.45) is 0. The van der Waals surface area contributed by atoms with E-state index in [0.717, 1.165) is 6.07 Å². The van der Waals surface area contributed by atoms with Crippen LogP contribution in [0.2, 0.25) is 5.02 Å². The lowest BCUT2D eigenvalue weighted by Gasteiger charge is -2.09. The Morgan fingerprint density at radius 1 is 1.42 bits per heavy atom. The summed E-state index contributed by atoms with van der Waals surface area (Å²) in [6, 6.07) is 3.81. The summed E-state index contributed by atoms with van der Waals surface area (Å²) >= 11 is 5.73. The van der Waals surface area contributed by atoms with Crippen LogP contribution in [0, 0.1) is 5.92 Å². The zero-order valence-corrected chi connectivity index (χ0v) is 12.0. The Labute approximate surface area is 116 Å². The Balaban J connectivity index is 3.06. The van der Waals surface area contributed by atoms with E-state index in [-0.39, 0.29) is 21.4 Å². The number of amides is 1. The number of benzene rings is 1. The predicted octanol–water partition coefficient (Wildman–Crippen LogP) is 1.39. The van der Waals surface area contributed by atoms with Crippen molar-refractivity contribution in [1.29, 1.82) is 0 Å². The standard InChI is InChI=1S/C11H15ClN2O4S/c1-7(2)6-13-11(15)8-3-4-9(12)10(5-8)19(17,18)14-16/h3-5,7,14,16H,6H2,1-2H3,(H,13,15). The normalized spacial score (nSPS) is 11.6. The number of hydrogen-bond donors (Lipinski definition) is 3. The van der Waals surface area contributed by atoms with Crippen LogP contribution in [0.4, 0.5) is 0 Å². The minimum Gasteiger partial charge on any atom is -0.352 e. The fraction of sp³-hybridized carbons (Fsp3) is 0.364. The SMILES string of the molecule is CC(C)CNC(=O)c1ccc(Cl)c(S(=O)(=O)NO)c1. The van der Waals surface area contributed by atoms with Crippen molar-refractivity contribution in [1.82, 2.24) is 10.2 Å². The molecular formula is C11H15ClN2O4S. The molecule has 0 saturated heterocycles. The molecule has 0 bridgehead atoms. The van der Waals surface area contributed by atoms with Crippen molar-refractivity contribution in [2.75, 3.05) is 6.54 Å². The largest absolute Gasteiger partial charge is 0.352 e. The molecule has 0 spiro atoms. The molecule has 8 heteroatoms. The van der Waals surface area contributed by atoms with Crippen molar-refractivity contribution in [3.05, 3.63) is 28.8 Å². The minimum atomic E-state index is -4.12. The van der Waals surface area contributed by atoms with Gasteiger partial charge in [-0.3, -0.25) is 4.79 Å². The topological polar surface area (TPSA) is 95.5 Å².